The zero-order chi connectivity index (χ0) is 45.3. The molecule has 0 amide bonds. The van der Waals surface area contributed by atoms with Crippen molar-refractivity contribution < 1.29 is 38.9 Å². The number of ether oxygens (including phenoxy) is 2. The number of esters is 2. The van der Waals surface area contributed by atoms with Gasteiger partial charge in [-0.2, -0.15) is 0 Å². The second kappa shape index (κ2) is 28.6. The fraction of sp³-hybridized carbons (Fsp3) is 0.769. The Morgan fingerprint density at radius 1 is 0.803 bits per heavy atom. The minimum Gasteiger partial charge on any atom is -0.481 e. The van der Waals surface area contributed by atoms with E-state index in [-0.39, 0.29) is 48.4 Å². The number of allylic oxidation sites excluding steroid dienone is 7. The van der Waals surface area contributed by atoms with Gasteiger partial charge in [0.1, 0.15) is 6.61 Å². The van der Waals surface area contributed by atoms with Gasteiger partial charge in [-0.3, -0.25) is 19.2 Å². The highest BCUT2D eigenvalue weighted by Gasteiger charge is 2.67. The van der Waals surface area contributed by atoms with Crippen LogP contribution in [0.5, 0.6) is 0 Å². The standard InChI is InChI=1S/C44H69NO6.C6H12O2.C2H6/c1-5-6-7-8-9-10-11-12-13-14-15-16-17-18-19-20-29-50-39(48)23-24-40(49)51-32-37(47)35-21-22-38-43(35,4)31-36(46)41-42(3)27-25-33(2)30-34(42)26-28-44(38,41)45;1-2-3-4-5-6(7)8;1-2/h12-13,25,27,30,35-36,38,41,46H,2,5-11,14-24,26,28-29,31-32,45H2,1,3-4H3;2-5H2,1H3,(H,7,8);1-2H3/b13-12-;;. The van der Waals surface area contributed by atoms with E-state index in [2.05, 4.69) is 58.6 Å². The lowest BCUT2D eigenvalue weighted by molar-refractivity contribution is -0.156. The van der Waals surface area contributed by atoms with Crippen molar-refractivity contribution in [1.82, 2.24) is 0 Å². The molecule has 0 heterocycles. The number of aliphatic hydroxyl groups excluding tert-OH is 1. The summed E-state index contributed by atoms with van der Waals surface area (Å²) in [6.07, 6.45) is 34.2. The molecule has 348 valence electrons. The Kier molecular flexibility index (Phi) is 25.4. The van der Waals surface area contributed by atoms with Crippen LogP contribution in [-0.2, 0) is 28.7 Å². The summed E-state index contributed by atoms with van der Waals surface area (Å²) in [6.45, 7) is 16.8. The Labute approximate surface area is 370 Å². The number of carbonyl (C=O) groups excluding carboxylic acids is 3. The number of carbonyl (C=O) groups is 4. The molecule has 61 heavy (non-hydrogen) atoms. The number of aliphatic hydroxyl groups is 1. The first-order valence-electron chi connectivity index (χ1n) is 24.5. The Balaban J connectivity index is 0.00000115. The molecule has 9 nitrogen and oxygen atoms in total. The molecular weight excluding hydrogens is 767 g/mol. The first-order chi connectivity index (χ1) is 29.2. The maximum Gasteiger partial charge on any atom is 0.306 e. The molecule has 0 aromatic rings. The molecule has 3 saturated carbocycles. The summed E-state index contributed by atoms with van der Waals surface area (Å²) in [6, 6.07) is 0. The van der Waals surface area contributed by atoms with E-state index >= 15 is 0 Å². The largest absolute Gasteiger partial charge is 0.481 e. The summed E-state index contributed by atoms with van der Waals surface area (Å²) in [5, 5.41) is 19.8. The maximum absolute atomic E-state index is 13.5. The van der Waals surface area contributed by atoms with Gasteiger partial charge >= 0.3 is 17.9 Å². The lowest BCUT2D eigenvalue weighted by atomic mass is 9.43. The van der Waals surface area contributed by atoms with Gasteiger partial charge < -0.3 is 25.4 Å². The Hall–Kier alpha value is -3.04. The number of fused-ring (bicyclic) bond motifs is 5. The topological polar surface area (TPSA) is 153 Å². The van der Waals surface area contributed by atoms with Crippen molar-refractivity contribution in [2.45, 2.75) is 214 Å². The van der Waals surface area contributed by atoms with Gasteiger partial charge in [0.15, 0.2) is 5.78 Å². The molecule has 0 spiro atoms. The molecule has 0 aliphatic heterocycles. The second-order valence-corrected chi connectivity index (χ2v) is 18.5. The van der Waals surface area contributed by atoms with Crippen molar-refractivity contribution in [1.29, 1.82) is 0 Å². The predicted molar refractivity (Wildman–Crippen MR) is 248 cm³/mol. The van der Waals surface area contributed by atoms with Crippen molar-refractivity contribution in [2.75, 3.05) is 13.2 Å². The summed E-state index contributed by atoms with van der Waals surface area (Å²) < 4.78 is 10.7. The van der Waals surface area contributed by atoms with Crippen LogP contribution in [0.15, 0.2) is 48.1 Å². The summed E-state index contributed by atoms with van der Waals surface area (Å²) in [5.41, 5.74) is 8.18. The molecule has 4 aliphatic carbocycles. The molecule has 7 unspecified atom stereocenters. The number of unbranched alkanes of at least 4 members (excludes halogenated alkanes) is 14. The molecule has 0 bridgehead atoms. The number of rotatable bonds is 26. The Morgan fingerprint density at radius 2 is 1.36 bits per heavy atom. The van der Waals surface area contributed by atoms with Gasteiger partial charge in [0.05, 0.1) is 25.6 Å². The third-order valence-electron chi connectivity index (χ3n) is 14.0. The molecule has 9 heteroatoms. The highest BCUT2D eigenvalue weighted by molar-refractivity contribution is 5.86. The molecule has 0 saturated heterocycles. The highest BCUT2D eigenvalue weighted by atomic mass is 16.5. The van der Waals surface area contributed by atoms with Crippen molar-refractivity contribution in [2.24, 2.45) is 34.3 Å². The first kappa shape index (κ1) is 54.1. The van der Waals surface area contributed by atoms with Crippen LogP contribution in [0, 0.1) is 28.6 Å². The molecule has 4 N–H and O–H groups in total. The number of aliphatic carboxylic acids is 1. The quantitative estimate of drug-likeness (QED) is 0.0438. The summed E-state index contributed by atoms with van der Waals surface area (Å²) in [5.74, 6) is -2.17. The number of carboxylic acid groups (broad SMARTS) is 1. The van der Waals surface area contributed by atoms with Gasteiger partial charge in [-0.15, -0.1) is 0 Å². The van der Waals surface area contributed by atoms with E-state index in [9.17, 15) is 24.3 Å². The van der Waals surface area contributed by atoms with Crippen LogP contribution in [0.2, 0.25) is 0 Å². The average Bonchev–Trinajstić information content (AvgIpc) is 3.58. The van der Waals surface area contributed by atoms with E-state index < -0.39 is 35.0 Å². The van der Waals surface area contributed by atoms with Crippen molar-refractivity contribution in [3.63, 3.8) is 0 Å². The lowest BCUT2D eigenvalue weighted by Gasteiger charge is -2.63. The maximum atomic E-state index is 13.5. The molecule has 0 aromatic heterocycles. The van der Waals surface area contributed by atoms with Crippen LogP contribution in [0.3, 0.4) is 0 Å². The van der Waals surface area contributed by atoms with Crippen LogP contribution >= 0.6 is 0 Å². The molecule has 0 aromatic carbocycles. The van der Waals surface area contributed by atoms with E-state index in [0.29, 0.717) is 25.9 Å². The number of ketones is 1. The SMILES string of the molecule is C=C1C=CC2(C)C(=C1)CCC1(N)C2C(O)CC2(C)C(C(=O)COC(=O)CCC(=O)OCCCCCCCC/C=C\CCCCCCCC)CCC21.CC.CCCCCC(=O)O. The van der Waals surface area contributed by atoms with Crippen molar-refractivity contribution in [3.05, 3.63) is 48.1 Å². The molecule has 3 fully saturated rings. The van der Waals surface area contributed by atoms with Crippen molar-refractivity contribution >= 4 is 23.7 Å². The molecule has 4 aliphatic rings. The zero-order valence-electron chi connectivity index (χ0n) is 39.4. The summed E-state index contributed by atoms with van der Waals surface area (Å²) in [7, 11) is 0. The number of hydrogen-bond acceptors (Lipinski definition) is 8. The number of nitrogens with two attached hydrogens (primary N) is 1. The van der Waals surface area contributed by atoms with Crippen LogP contribution in [0.1, 0.15) is 202 Å². The van der Waals surface area contributed by atoms with Gasteiger partial charge in [0.25, 0.3) is 0 Å². The average molecular weight is 854 g/mol. The molecule has 0 radical (unpaired) electrons. The predicted octanol–water partition coefficient (Wildman–Crippen LogP) is 12.1. The number of Topliss-reactive ketones (excluding diaryl/α,β-unsaturated/α-hetero) is 1. The van der Waals surface area contributed by atoms with Gasteiger partial charge in [0, 0.05) is 29.2 Å². The Bertz CT molecular complexity index is 1450. The van der Waals surface area contributed by atoms with Crippen LogP contribution in [0.4, 0.5) is 0 Å². The van der Waals surface area contributed by atoms with Gasteiger partial charge in [-0.25, -0.2) is 0 Å². The van der Waals surface area contributed by atoms with E-state index in [0.717, 1.165) is 69.8 Å². The van der Waals surface area contributed by atoms with Crippen LogP contribution in [0.25, 0.3) is 0 Å². The number of hydrogen-bond donors (Lipinski definition) is 3. The fourth-order valence-corrected chi connectivity index (χ4v) is 10.8. The van der Waals surface area contributed by atoms with Gasteiger partial charge in [-0.1, -0.05) is 155 Å². The van der Waals surface area contributed by atoms with Gasteiger partial charge in [-0.05, 0) is 87.5 Å². The smallest absolute Gasteiger partial charge is 0.306 e. The van der Waals surface area contributed by atoms with Crippen LogP contribution in [-0.4, -0.2) is 58.8 Å². The van der Waals surface area contributed by atoms with E-state index in [1.807, 2.05) is 19.9 Å². The normalized spacial score (nSPS) is 27.3. The Morgan fingerprint density at radius 3 is 1.97 bits per heavy atom. The third-order valence-corrected chi connectivity index (χ3v) is 14.0. The minimum absolute atomic E-state index is 0.0527. The summed E-state index contributed by atoms with van der Waals surface area (Å²) >= 11 is 0. The van der Waals surface area contributed by atoms with Crippen molar-refractivity contribution in [3.8, 4) is 0 Å². The lowest BCUT2D eigenvalue weighted by Crippen LogP contribution is -2.70. The summed E-state index contributed by atoms with van der Waals surface area (Å²) in [4.78, 5) is 48.1. The van der Waals surface area contributed by atoms with E-state index in [1.165, 1.54) is 69.8 Å². The highest BCUT2D eigenvalue weighted by Crippen LogP contribution is 2.67. The van der Waals surface area contributed by atoms with E-state index in [4.69, 9.17) is 20.3 Å². The van der Waals surface area contributed by atoms with E-state index in [1.54, 1.807) is 0 Å². The third kappa shape index (κ3) is 16.9. The molecule has 4 rings (SSSR count). The molecule has 7 atom stereocenters. The van der Waals surface area contributed by atoms with Gasteiger partial charge in [0.2, 0.25) is 0 Å². The monoisotopic (exact) mass is 854 g/mol. The zero-order valence-corrected chi connectivity index (χ0v) is 39.4. The number of carboxylic acids is 1. The molecular formula is C52H87NO8. The first-order valence-corrected chi connectivity index (χ1v) is 24.5. The second-order valence-electron chi connectivity index (χ2n) is 18.5. The minimum atomic E-state index is -0.682. The fourth-order valence-electron chi connectivity index (χ4n) is 10.8. The van der Waals surface area contributed by atoms with Crippen LogP contribution < -0.4 is 5.73 Å².